The summed E-state index contributed by atoms with van der Waals surface area (Å²) >= 11 is 0. The Morgan fingerprint density at radius 3 is 2.70 bits per heavy atom. The smallest absolute Gasteiger partial charge is 0.242 e. The van der Waals surface area contributed by atoms with Crippen molar-refractivity contribution in [1.82, 2.24) is 14.6 Å². The summed E-state index contributed by atoms with van der Waals surface area (Å²) < 4.78 is 34.0. The standard InChI is InChI=1S/C13H25N3O3S/c1-4-7-16-11-13(9-12(16)10-14-3)20(17,18)15-6-8-19-5-2/h9,11,14-15H,4-8,10H2,1-3H3. The van der Waals surface area contributed by atoms with Gasteiger partial charge in [-0.3, -0.25) is 0 Å². The lowest BCUT2D eigenvalue weighted by Crippen LogP contribution is -2.27. The summed E-state index contributed by atoms with van der Waals surface area (Å²) in [4.78, 5) is 0.313. The van der Waals surface area contributed by atoms with E-state index < -0.39 is 10.0 Å². The minimum Gasteiger partial charge on any atom is -0.380 e. The lowest BCUT2D eigenvalue weighted by molar-refractivity contribution is 0.153. The van der Waals surface area contributed by atoms with Gasteiger partial charge in [0.1, 0.15) is 0 Å². The van der Waals surface area contributed by atoms with Crippen molar-refractivity contribution in [2.45, 2.75) is 38.3 Å². The fourth-order valence-electron chi connectivity index (χ4n) is 1.93. The molecule has 0 spiro atoms. The molecule has 0 saturated carbocycles. The largest absolute Gasteiger partial charge is 0.380 e. The van der Waals surface area contributed by atoms with Gasteiger partial charge in [-0.05, 0) is 26.5 Å². The molecule has 0 aliphatic rings. The first-order chi connectivity index (χ1) is 9.55. The summed E-state index contributed by atoms with van der Waals surface area (Å²) in [6, 6.07) is 1.72. The Balaban J connectivity index is 2.80. The van der Waals surface area contributed by atoms with E-state index in [-0.39, 0.29) is 6.54 Å². The Morgan fingerprint density at radius 2 is 2.10 bits per heavy atom. The second-order valence-corrected chi connectivity index (χ2v) is 6.25. The molecule has 0 saturated heterocycles. The molecule has 0 atom stereocenters. The van der Waals surface area contributed by atoms with E-state index in [1.165, 1.54) is 0 Å². The number of nitrogens with zero attached hydrogens (tertiary/aromatic N) is 1. The highest BCUT2D eigenvalue weighted by molar-refractivity contribution is 7.89. The van der Waals surface area contributed by atoms with E-state index in [1.54, 1.807) is 12.3 Å². The van der Waals surface area contributed by atoms with Gasteiger partial charge >= 0.3 is 0 Å². The second kappa shape index (κ2) is 8.41. The van der Waals surface area contributed by atoms with E-state index in [1.807, 2.05) is 18.5 Å². The zero-order chi connectivity index (χ0) is 15.0. The minimum absolute atomic E-state index is 0.288. The van der Waals surface area contributed by atoms with Crippen molar-refractivity contribution < 1.29 is 13.2 Å². The molecule has 2 N–H and O–H groups in total. The Labute approximate surface area is 121 Å². The molecule has 1 aromatic rings. The monoisotopic (exact) mass is 303 g/mol. The molecule has 1 heterocycles. The highest BCUT2D eigenvalue weighted by Gasteiger charge is 2.17. The molecule has 0 amide bonds. The van der Waals surface area contributed by atoms with E-state index >= 15 is 0 Å². The second-order valence-electron chi connectivity index (χ2n) is 4.49. The molecule has 0 aromatic carbocycles. The molecular formula is C13H25N3O3S. The summed E-state index contributed by atoms with van der Waals surface area (Å²) in [5.74, 6) is 0. The predicted molar refractivity (Wildman–Crippen MR) is 79.2 cm³/mol. The number of ether oxygens (including phenoxy) is 1. The summed E-state index contributed by atoms with van der Waals surface area (Å²) in [5.41, 5.74) is 0.972. The summed E-state index contributed by atoms with van der Waals surface area (Å²) in [6.45, 7) is 6.66. The fourth-order valence-corrected chi connectivity index (χ4v) is 3.00. The Bertz CT molecular complexity index is 473. The summed E-state index contributed by atoms with van der Waals surface area (Å²) in [5, 5.41) is 3.05. The molecular weight excluding hydrogens is 278 g/mol. The summed E-state index contributed by atoms with van der Waals surface area (Å²) in [6.07, 6.45) is 2.65. The van der Waals surface area contributed by atoms with Crippen molar-refractivity contribution in [2.24, 2.45) is 0 Å². The maximum absolute atomic E-state index is 12.2. The summed E-state index contributed by atoms with van der Waals surface area (Å²) in [7, 11) is -1.61. The lowest BCUT2D eigenvalue weighted by Gasteiger charge is -2.06. The molecule has 0 fully saturated rings. The number of hydrogen-bond donors (Lipinski definition) is 2. The molecule has 0 radical (unpaired) electrons. The van der Waals surface area contributed by atoms with Crippen LogP contribution in [0.2, 0.25) is 0 Å². The highest BCUT2D eigenvalue weighted by atomic mass is 32.2. The van der Waals surface area contributed by atoms with E-state index in [2.05, 4.69) is 17.0 Å². The minimum atomic E-state index is -3.46. The van der Waals surface area contributed by atoms with Crippen LogP contribution in [0, 0.1) is 0 Å². The molecule has 6 nitrogen and oxygen atoms in total. The molecule has 0 bridgehead atoms. The van der Waals surface area contributed by atoms with Crippen LogP contribution in [-0.2, 0) is 27.8 Å². The number of aryl methyl sites for hydroxylation is 1. The van der Waals surface area contributed by atoms with Crippen molar-refractivity contribution in [3.8, 4) is 0 Å². The third-order valence-corrected chi connectivity index (χ3v) is 4.26. The molecule has 0 unspecified atom stereocenters. The van der Waals surface area contributed by atoms with E-state index in [0.29, 0.717) is 24.7 Å². The van der Waals surface area contributed by atoms with Crippen LogP contribution in [0.25, 0.3) is 0 Å². The molecule has 0 aliphatic carbocycles. The zero-order valence-corrected chi connectivity index (χ0v) is 13.3. The molecule has 20 heavy (non-hydrogen) atoms. The maximum atomic E-state index is 12.2. The van der Waals surface area contributed by atoms with E-state index in [0.717, 1.165) is 18.7 Å². The van der Waals surface area contributed by atoms with Gasteiger partial charge in [0, 0.05) is 38.1 Å². The SMILES string of the molecule is CCCn1cc(S(=O)(=O)NCCOCC)cc1CNC. The van der Waals surface area contributed by atoms with Crippen molar-refractivity contribution in [3.05, 3.63) is 18.0 Å². The Kier molecular flexibility index (Phi) is 7.22. The quantitative estimate of drug-likeness (QED) is 0.631. The van der Waals surface area contributed by atoms with Gasteiger partial charge in [0.05, 0.1) is 11.5 Å². The molecule has 0 aliphatic heterocycles. The third kappa shape index (κ3) is 4.90. The fraction of sp³-hybridized carbons (Fsp3) is 0.692. The molecule has 116 valence electrons. The number of sulfonamides is 1. The van der Waals surface area contributed by atoms with Crippen LogP contribution >= 0.6 is 0 Å². The van der Waals surface area contributed by atoms with Gasteiger partial charge in [-0.2, -0.15) is 0 Å². The number of hydrogen-bond acceptors (Lipinski definition) is 4. The van der Waals surface area contributed by atoms with Crippen LogP contribution in [-0.4, -0.2) is 39.8 Å². The van der Waals surface area contributed by atoms with Crippen molar-refractivity contribution >= 4 is 10.0 Å². The van der Waals surface area contributed by atoms with E-state index in [9.17, 15) is 8.42 Å². The van der Waals surface area contributed by atoms with Gasteiger partial charge in [0.2, 0.25) is 10.0 Å². The van der Waals surface area contributed by atoms with Crippen LogP contribution in [0.3, 0.4) is 0 Å². The third-order valence-electron chi connectivity index (χ3n) is 2.84. The normalized spacial score (nSPS) is 11.9. The number of aromatic nitrogens is 1. The van der Waals surface area contributed by atoms with Crippen molar-refractivity contribution in [2.75, 3.05) is 26.8 Å². The first-order valence-electron chi connectivity index (χ1n) is 6.96. The average molecular weight is 303 g/mol. The van der Waals surface area contributed by atoms with Gasteiger partial charge in [-0.15, -0.1) is 0 Å². The van der Waals surface area contributed by atoms with Gasteiger partial charge in [-0.25, -0.2) is 13.1 Å². The topological polar surface area (TPSA) is 72.4 Å². The Morgan fingerprint density at radius 1 is 1.35 bits per heavy atom. The van der Waals surface area contributed by atoms with Crippen molar-refractivity contribution in [3.63, 3.8) is 0 Å². The Hall–Kier alpha value is -0.890. The number of nitrogens with one attached hydrogen (secondary N) is 2. The highest BCUT2D eigenvalue weighted by Crippen LogP contribution is 2.15. The van der Waals surface area contributed by atoms with Crippen LogP contribution in [0.4, 0.5) is 0 Å². The van der Waals surface area contributed by atoms with Gasteiger partial charge < -0.3 is 14.6 Å². The predicted octanol–water partition coefficient (Wildman–Crippen LogP) is 0.932. The van der Waals surface area contributed by atoms with Gasteiger partial charge in [0.25, 0.3) is 0 Å². The molecule has 1 aromatic heterocycles. The average Bonchev–Trinajstić information content (AvgIpc) is 2.80. The maximum Gasteiger partial charge on any atom is 0.242 e. The van der Waals surface area contributed by atoms with E-state index in [4.69, 9.17) is 4.74 Å². The molecule has 7 heteroatoms. The van der Waals surface area contributed by atoms with Crippen LogP contribution in [0.15, 0.2) is 17.2 Å². The van der Waals surface area contributed by atoms with Gasteiger partial charge in [0.15, 0.2) is 0 Å². The van der Waals surface area contributed by atoms with Crippen molar-refractivity contribution in [1.29, 1.82) is 0 Å². The first kappa shape index (κ1) is 17.2. The van der Waals surface area contributed by atoms with Crippen LogP contribution in [0.1, 0.15) is 26.0 Å². The number of rotatable bonds is 10. The lowest BCUT2D eigenvalue weighted by atomic mass is 10.4. The molecule has 1 rings (SSSR count). The van der Waals surface area contributed by atoms with Crippen LogP contribution in [0.5, 0.6) is 0 Å². The van der Waals surface area contributed by atoms with Crippen LogP contribution < -0.4 is 10.0 Å². The zero-order valence-electron chi connectivity index (χ0n) is 12.5. The van der Waals surface area contributed by atoms with Gasteiger partial charge in [-0.1, -0.05) is 6.92 Å². The first-order valence-corrected chi connectivity index (χ1v) is 8.44.